The molecular weight excluding hydrogens is 275 g/mol. The smallest absolute Gasteiger partial charge is 0.170 e. The molecule has 0 radical (unpaired) electrons. The molecule has 0 bridgehead atoms. The molecule has 0 fully saturated rings. The number of hydrogen-bond donors (Lipinski definition) is 3. The van der Waals surface area contributed by atoms with Crippen LogP contribution >= 0.6 is 12.2 Å². The molecule has 0 saturated heterocycles. The maximum atomic E-state index is 13.4. The number of benzene rings is 2. The highest BCUT2D eigenvalue weighted by Crippen LogP contribution is 2.13. The second-order valence-corrected chi connectivity index (χ2v) is 4.65. The Bertz CT molecular complexity index is 577. The summed E-state index contributed by atoms with van der Waals surface area (Å²) in [5.41, 5.74) is 1.10. The summed E-state index contributed by atoms with van der Waals surface area (Å²) in [6.07, 6.45) is -0.670. The van der Waals surface area contributed by atoms with E-state index >= 15 is 0 Å². The van der Waals surface area contributed by atoms with Gasteiger partial charge in [0.1, 0.15) is 5.82 Å². The van der Waals surface area contributed by atoms with Crippen molar-refractivity contribution >= 4 is 23.0 Å². The number of aliphatic hydroxyl groups is 1. The third kappa shape index (κ3) is 4.01. The number of halogens is 1. The predicted octanol–water partition coefficient (Wildman–Crippen LogP) is 2.85. The van der Waals surface area contributed by atoms with E-state index in [-0.39, 0.29) is 17.5 Å². The lowest BCUT2D eigenvalue weighted by atomic mass is 10.1. The van der Waals surface area contributed by atoms with Gasteiger partial charge in [0.2, 0.25) is 0 Å². The van der Waals surface area contributed by atoms with E-state index in [1.165, 1.54) is 6.07 Å². The predicted molar refractivity (Wildman–Crippen MR) is 82.0 cm³/mol. The van der Waals surface area contributed by atoms with Crippen LogP contribution in [0.2, 0.25) is 0 Å². The molecule has 3 nitrogen and oxygen atoms in total. The molecule has 2 aromatic carbocycles. The topological polar surface area (TPSA) is 44.3 Å². The van der Waals surface area contributed by atoms with Crippen molar-refractivity contribution in [3.8, 4) is 0 Å². The summed E-state index contributed by atoms with van der Waals surface area (Å²) >= 11 is 5.06. The van der Waals surface area contributed by atoms with E-state index in [9.17, 15) is 9.50 Å². The van der Waals surface area contributed by atoms with Crippen LogP contribution in [-0.2, 0) is 0 Å². The van der Waals surface area contributed by atoms with Crippen molar-refractivity contribution in [2.45, 2.75) is 6.10 Å². The zero-order valence-electron chi connectivity index (χ0n) is 10.7. The van der Waals surface area contributed by atoms with Crippen molar-refractivity contribution < 1.29 is 9.50 Å². The average molecular weight is 290 g/mol. The highest BCUT2D eigenvalue weighted by molar-refractivity contribution is 7.80. The molecule has 0 spiro atoms. The van der Waals surface area contributed by atoms with Crippen molar-refractivity contribution in [3.05, 3.63) is 66.0 Å². The maximum Gasteiger partial charge on any atom is 0.170 e. The van der Waals surface area contributed by atoms with Gasteiger partial charge in [0.25, 0.3) is 0 Å². The van der Waals surface area contributed by atoms with Crippen molar-refractivity contribution in [1.29, 1.82) is 0 Å². The first-order valence-corrected chi connectivity index (χ1v) is 6.60. The Balaban J connectivity index is 1.85. The fourth-order valence-corrected chi connectivity index (χ4v) is 1.90. The third-order valence-electron chi connectivity index (χ3n) is 2.76. The van der Waals surface area contributed by atoms with Gasteiger partial charge in [0, 0.05) is 6.54 Å². The number of nitrogens with one attached hydrogen (secondary N) is 2. The van der Waals surface area contributed by atoms with Gasteiger partial charge in [-0.3, -0.25) is 0 Å². The van der Waals surface area contributed by atoms with Crippen molar-refractivity contribution in [2.24, 2.45) is 0 Å². The van der Waals surface area contributed by atoms with Crippen molar-refractivity contribution in [1.82, 2.24) is 5.32 Å². The molecule has 0 aromatic heterocycles. The van der Waals surface area contributed by atoms with Gasteiger partial charge in [-0.2, -0.15) is 0 Å². The van der Waals surface area contributed by atoms with Gasteiger partial charge in [-0.25, -0.2) is 4.39 Å². The van der Waals surface area contributed by atoms with Gasteiger partial charge in [0.05, 0.1) is 11.8 Å². The Morgan fingerprint density at radius 1 is 1.10 bits per heavy atom. The zero-order chi connectivity index (χ0) is 14.4. The minimum absolute atomic E-state index is 0.254. The maximum absolute atomic E-state index is 13.4. The highest BCUT2D eigenvalue weighted by atomic mass is 32.1. The summed E-state index contributed by atoms with van der Waals surface area (Å²) in [5, 5.41) is 15.8. The first kappa shape index (κ1) is 14.4. The molecule has 3 N–H and O–H groups in total. The summed E-state index contributed by atoms with van der Waals surface area (Å²) < 4.78 is 13.4. The van der Waals surface area contributed by atoms with E-state index in [0.29, 0.717) is 5.69 Å². The van der Waals surface area contributed by atoms with Crippen LogP contribution in [-0.4, -0.2) is 16.8 Å². The van der Waals surface area contributed by atoms with Crippen LogP contribution in [0, 0.1) is 5.82 Å². The van der Waals surface area contributed by atoms with Crippen LogP contribution in [0.4, 0.5) is 10.1 Å². The van der Waals surface area contributed by atoms with Gasteiger partial charge >= 0.3 is 0 Å². The molecule has 104 valence electrons. The normalized spacial score (nSPS) is 11.7. The summed E-state index contributed by atoms with van der Waals surface area (Å²) in [6, 6.07) is 15.5. The molecule has 20 heavy (non-hydrogen) atoms. The fraction of sp³-hybridized carbons (Fsp3) is 0.133. The second kappa shape index (κ2) is 6.98. The number of para-hydroxylation sites is 1. The molecule has 0 unspecified atom stereocenters. The van der Waals surface area contributed by atoms with E-state index in [2.05, 4.69) is 10.6 Å². The number of anilines is 1. The third-order valence-corrected chi connectivity index (χ3v) is 3.01. The van der Waals surface area contributed by atoms with E-state index in [1.54, 1.807) is 18.2 Å². The number of hydrogen-bond acceptors (Lipinski definition) is 2. The molecule has 2 aromatic rings. The average Bonchev–Trinajstić information content (AvgIpc) is 2.48. The lowest BCUT2D eigenvalue weighted by molar-refractivity contribution is 0.181. The van der Waals surface area contributed by atoms with Crippen LogP contribution in [0.3, 0.4) is 0 Å². The van der Waals surface area contributed by atoms with Gasteiger partial charge in [-0.1, -0.05) is 42.5 Å². The molecule has 0 saturated carbocycles. The van der Waals surface area contributed by atoms with E-state index < -0.39 is 6.10 Å². The highest BCUT2D eigenvalue weighted by Gasteiger charge is 2.08. The Morgan fingerprint density at radius 2 is 1.75 bits per heavy atom. The van der Waals surface area contributed by atoms with Crippen LogP contribution < -0.4 is 10.6 Å². The first-order valence-electron chi connectivity index (χ1n) is 6.19. The quantitative estimate of drug-likeness (QED) is 0.758. The largest absolute Gasteiger partial charge is 0.387 e. The molecule has 0 aliphatic heterocycles. The summed E-state index contributed by atoms with van der Waals surface area (Å²) in [4.78, 5) is 0. The van der Waals surface area contributed by atoms with Crippen LogP contribution in [0.15, 0.2) is 54.6 Å². The van der Waals surface area contributed by atoms with E-state index in [1.807, 2.05) is 30.3 Å². The summed E-state index contributed by atoms with van der Waals surface area (Å²) in [5.74, 6) is -0.375. The lowest BCUT2D eigenvalue weighted by Gasteiger charge is -2.15. The van der Waals surface area contributed by atoms with E-state index in [0.717, 1.165) is 5.56 Å². The molecular formula is C15H15FN2OS. The first-order chi connectivity index (χ1) is 9.66. The number of rotatable bonds is 4. The van der Waals surface area contributed by atoms with Gasteiger partial charge < -0.3 is 15.7 Å². The minimum atomic E-state index is -0.670. The second-order valence-electron chi connectivity index (χ2n) is 4.24. The molecule has 0 aliphatic rings. The monoisotopic (exact) mass is 290 g/mol. The van der Waals surface area contributed by atoms with Crippen LogP contribution in [0.1, 0.15) is 11.7 Å². The molecule has 0 heterocycles. The SMILES string of the molecule is O[C@H](CNC(=S)Nc1ccccc1F)c1ccccc1. The van der Waals surface area contributed by atoms with Crippen LogP contribution in [0.5, 0.6) is 0 Å². The number of thiocarbonyl (C=S) groups is 1. The Labute approximate surface area is 122 Å². The summed E-state index contributed by atoms with van der Waals surface area (Å²) in [6.45, 7) is 0.254. The fourth-order valence-electron chi connectivity index (χ4n) is 1.71. The molecule has 0 aliphatic carbocycles. The standard InChI is InChI=1S/C15H15FN2OS/c16-12-8-4-5-9-13(12)18-15(20)17-10-14(19)11-6-2-1-3-7-11/h1-9,14,19H,10H2,(H2,17,18,20)/t14-/m1/s1. The molecule has 5 heteroatoms. The van der Waals surface area contributed by atoms with Gasteiger partial charge in [-0.05, 0) is 29.9 Å². The Morgan fingerprint density at radius 3 is 2.45 bits per heavy atom. The van der Waals surface area contributed by atoms with Crippen molar-refractivity contribution in [3.63, 3.8) is 0 Å². The Hall–Kier alpha value is -1.98. The van der Waals surface area contributed by atoms with Crippen LogP contribution in [0.25, 0.3) is 0 Å². The molecule has 1 atom stereocenters. The van der Waals surface area contributed by atoms with E-state index in [4.69, 9.17) is 12.2 Å². The molecule has 0 amide bonds. The lowest BCUT2D eigenvalue weighted by Crippen LogP contribution is -2.32. The van der Waals surface area contributed by atoms with Gasteiger partial charge in [0.15, 0.2) is 5.11 Å². The van der Waals surface area contributed by atoms with Gasteiger partial charge in [-0.15, -0.1) is 0 Å². The molecule has 2 rings (SSSR count). The Kier molecular flexibility index (Phi) is 5.03. The van der Waals surface area contributed by atoms with Crippen molar-refractivity contribution in [2.75, 3.05) is 11.9 Å². The minimum Gasteiger partial charge on any atom is -0.387 e. The number of aliphatic hydroxyl groups excluding tert-OH is 1. The zero-order valence-corrected chi connectivity index (χ0v) is 11.5. The summed E-state index contributed by atoms with van der Waals surface area (Å²) in [7, 11) is 0.